The van der Waals surface area contributed by atoms with Gasteiger partial charge in [-0.2, -0.15) is 0 Å². The molecule has 2 aromatic rings. The van der Waals surface area contributed by atoms with Crippen molar-refractivity contribution in [3.63, 3.8) is 0 Å². The third-order valence-corrected chi connectivity index (χ3v) is 8.14. The van der Waals surface area contributed by atoms with Gasteiger partial charge in [0.05, 0.1) is 21.8 Å². The molecule has 27 heavy (non-hydrogen) atoms. The van der Waals surface area contributed by atoms with Crippen molar-refractivity contribution in [2.24, 2.45) is 5.41 Å². The summed E-state index contributed by atoms with van der Waals surface area (Å²) in [6.07, 6.45) is 3.09. The summed E-state index contributed by atoms with van der Waals surface area (Å²) in [6, 6.07) is 8.73. The average Bonchev–Trinajstić information content (AvgIpc) is 3.17. The number of hydrogen-bond donors (Lipinski definition) is 2. The Morgan fingerprint density at radius 3 is 2.59 bits per heavy atom. The number of nitrogens with one attached hydrogen (secondary N) is 1. The number of nitrogens with two attached hydrogens (primary N) is 1. The van der Waals surface area contributed by atoms with E-state index < -0.39 is 11.0 Å². The maximum absolute atomic E-state index is 12.9. The summed E-state index contributed by atoms with van der Waals surface area (Å²) in [5, 5.41) is 9.56. The molecule has 1 aromatic heterocycles. The van der Waals surface area contributed by atoms with Gasteiger partial charge in [-0.3, -0.25) is 0 Å². The van der Waals surface area contributed by atoms with E-state index in [0.717, 1.165) is 37.5 Å². The molecule has 1 unspecified atom stereocenters. The van der Waals surface area contributed by atoms with Gasteiger partial charge in [0.1, 0.15) is 0 Å². The number of nitrogens with zero attached hydrogens (tertiary/aromatic N) is 3. The molecule has 1 aliphatic heterocycles. The van der Waals surface area contributed by atoms with Crippen molar-refractivity contribution in [2.45, 2.75) is 50.8 Å². The SMILES string of the molecule is CC(C)(C)S(=O)N[C@@H]1c2ccccc2CC12CCN(c1nnc(N)s1)CC2. The van der Waals surface area contributed by atoms with Crippen LogP contribution in [0.4, 0.5) is 10.3 Å². The lowest BCUT2D eigenvalue weighted by molar-refractivity contribution is 0.177. The fourth-order valence-corrected chi connectivity index (χ4v) is 5.83. The zero-order valence-corrected chi connectivity index (χ0v) is 17.7. The van der Waals surface area contributed by atoms with Crippen molar-refractivity contribution < 1.29 is 4.21 Å². The first kappa shape index (κ1) is 18.8. The maximum atomic E-state index is 12.9. The molecule has 0 bridgehead atoms. The first-order valence-electron chi connectivity index (χ1n) is 9.38. The van der Waals surface area contributed by atoms with E-state index >= 15 is 0 Å². The van der Waals surface area contributed by atoms with Crippen LogP contribution in [0.3, 0.4) is 0 Å². The van der Waals surface area contributed by atoms with Crippen molar-refractivity contribution in [3.05, 3.63) is 35.4 Å². The van der Waals surface area contributed by atoms with E-state index in [1.54, 1.807) is 0 Å². The number of hydrogen-bond acceptors (Lipinski definition) is 6. The minimum Gasteiger partial charge on any atom is -0.374 e. The van der Waals surface area contributed by atoms with Crippen molar-refractivity contribution in [2.75, 3.05) is 23.7 Å². The molecule has 0 amide bonds. The van der Waals surface area contributed by atoms with Crippen LogP contribution >= 0.6 is 11.3 Å². The lowest BCUT2D eigenvalue weighted by Gasteiger charge is -2.43. The summed E-state index contributed by atoms with van der Waals surface area (Å²) in [6.45, 7) is 7.90. The molecule has 2 heterocycles. The van der Waals surface area contributed by atoms with E-state index in [-0.39, 0.29) is 16.2 Å². The van der Waals surface area contributed by atoms with Gasteiger partial charge in [-0.1, -0.05) is 35.6 Å². The number of benzene rings is 1. The normalized spacial score (nSPS) is 22.8. The Bertz CT molecular complexity index is 852. The van der Waals surface area contributed by atoms with Gasteiger partial charge in [0.25, 0.3) is 0 Å². The third-order valence-electron chi connectivity index (χ3n) is 5.76. The second-order valence-corrected chi connectivity index (χ2v) is 11.6. The summed E-state index contributed by atoms with van der Waals surface area (Å²) < 4.78 is 16.1. The Hall–Kier alpha value is -1.51. The first-order valence-corrected chi connectivity index (χ1v) is 11.3. The summed E-state index contributed by atoms with van der Waals surface area (Å²) in [5.41, 5.74) is 8.54. The molecule has 1 spiro atoms. The smallest absolute Gasteiger partial charge is 0.209 e. The van der Waals surface area contributed by atoms with Crippen LogP contribution < -0.4 is 15.4 Å². The highest BCUT2D eigenvalue weighted by Crippen LogP contribution is 2.52. The molecule has 1 aromatic carbocycles. The van der Waals surface area contributed by atoms with E-state index in [9.17, 15) is 4.21 Å². The quantitative estimate of drug-likeness (QED) is 0.820. The molecule has 2 atom stereocenters. The van der Waals surface area contributed by atoms with Gasteiger partial charge in [-0.25, -0.2) is 8.93 Å². The number of aromatic nitrogens is 2. The molecule has 4 rings (SSSR count). The van der Waals surface area contributed by atoms with Crippen LogP contribution in [0.15, 0.2) is 24.3 Å². The Morgan fingerprint density at radius 1 is 1.26 bits per heavy atom. The molecule has 1 aliphatic carbocycles. The van der Waals surface area contributed by atoms with Crippen LogP contribution in [0, 0.1) is 5.41 Å². The standard InChI is InChI=1S/C19H27N5OS2/c1-18(2,3)27(25)23-15-14-7-5-4-6-13(14)12-19(15)8-10-24(11-9-19)17-22-21-16(20)26-17/h4-7,15,23H,8-12H2,1-3H3,(H2,20,21)/t15-,27?/m1/s1. The van der Waals surface area contributed by atoms with Crippen LogP contribution in [0.1, 0.15) is 50.8 Å². The van der Waals surface area contributed by atoms with E-state index in [2.05, 4.69) is 44.1 Å². The number of piperidine rings is 1. The molecule has 3 N–H and O–H groups in total. The Labute approximate surface area is 167 Å². The van der Waals surface area contributed by atoms with E-state index in [1.807, 2.05) is 20.8 Å². The van der Waals surface area contributed by atoms with Gasteiger partial charge in [-0.15, -0.1) is 10.2 Å². The first-order chi connectivity index (χ1) is 12.8. The van der Waals surface area contributed by atoms with Crippen molar-refractivity contribution in [1.82, 2.24) is 14.9 Å². The minimum atomic E-state index is -1.10. The molecule has 2 aliphatic rings. The zero-order valence-electron chi connectivity index (χ0n) is 16.1. The fourth-order valence-electron chi connectivity index (χ4n) is 4.22. The molecular formula is C19H27N5OS2. The number of rotatable bonds is 3. The highest BCUT2D eigenvalue weighted by Gasteiger charge is 2.48. The number of fused-ring (bicyclic) bond motifs is 1. The monoisotopic (exact) mass is 405 g/mol. The average molecular weight is 406 g/mol. The van der Waals surface area contributed by atoms with Crippen LogP contribution in [0.5, 0.6) is 0 Å². The molecule has 0 saturated carbocycles. The molecule has 8 heteroatoms. The summed E-state index contributed by atoms with van der Waals surface area (Å²) >= 11 is 1.44. The predicted octanol–water partition coefficient (Wildman–Crippen LogP) is 3.06. The van der Waals surface area contributed by atoms with Gasteiger partial charge in [-0.05, 0) is 56.6 Å². The lowest BCUT2D eigenvalue weighted by atomic mass is 9.73. The van der Waals surface area contributed by atoms with Crippen molar-refractivity contribution >= 4 is 32.6 Å². The summed E-state index contributed by atoms with van der Waals surface area (Å²) in [7, 11) is -1.10. The van der Waals surface area contributed by atoms with Crippen LogP contribution in [0.25, 0.3) is 0 Å². The lowest BCUT2D eigenvalue weighted by Crippen LogP contribution is -2.47. The Balaban J connectivity index is 1.58. The fraction of sp³-hybridized carbons (Fsp3) is 0.579. The molecule has 6 nitrogen and oxygen atoms in total. The Kier molecular flexibility index (Phi) is 4.76. The Morgan fingerprint density at radius 2 is 1.96 bits per heavy atom. The van der Waals surface area contributed by atoms with Gasteiger partial charge >= 0.3 is 0 Å². The molecule has 0 radical (unpaired) electrons. The molecule has 1 fully saturated rings. The molecular weight excluding hydrogens is 378 g/mol. The molecule has 146 valence electrons. The number of nitrogen functional groups attached to an aromatic ring is 1. The topological polar surface area (TPSA) is 84.1 Å². The van der Waals surface area contributed by atoms with E-state index in [1.165, 1.54) is 22.5 Å². The van der Waals surface area contributed by atoms with Gasteiger partial charge in [0.2, 0.25) is 10.3 Å². The van der Waals surface area contributed by atoms with Crippen molar-refractivity contribution in [3.8, 4) is 0 Å². The van der Waals surface area contributed by atoms with Gasteiger partial charge < -0.3 is 10.6 Å². The van der Waals surface area contributed by atoms with Crippen LogP contribution in [-0.4, -0.2) is 32.2 Å². The van der Waals surface area contributed by atoms with Gasteiger partial charge in [0.15, 0.2) is 0 Å². The molecule has 1 saturated heterocycles. The second-order valence-electron chi connectivity index (χ2n) is 8.58. The van der Waals surface area contributed by atoms with E-state index in [4.69, 9.17) is 5.73 Å². The third kappa shape index (κ3) is 3.50. The number of anilines is 2. The highest BCUT2D eigenvalue weighted by atomic mass is 32.2. The van der Waals surface area contributed by atoms with Gasteiger partial charge in [0, 0.05) is 13.1 Å². The second kappa shape index (κ2) is 6.83. The van der Waals surface area contributed by atoms with Crippen LogP contribution in [0.2, 0.25) is 0 Å². The van der Waals surface area contributed by atoms with Crippen molar-refractivity contribution in [1.29, 1.82) is 0 Å². The zero-order chi connectivity index (χ0) is 19.2. The highest BCUT2D eigenvalue weighted by molar-refractivity contribution is 7.84. The van der Waals surface area contributed by atoms with E-state index in [0.29, 0.717) is 5.13 Å². The largest absolute Gasteiger partial charge is 0.374 e. The summed E-state index contributed by atoms with van der Waals surface area (Å²) in [5.74, 6) is 0. The summed E-state index contributed by atoms with van der Waals surface area (Å²) in [4.78, 5) is 2.28. The maximum Gasteiger partial charge on any atom is 0.209 e. The van der Waals surface area contributed by atoms with Crippen LogP contribution in [-0.2, 0) is 17.4 Å². The minimum absolute atomic E-state index is 0.0946. The predicted molar refractivity (Wildman–Crippen MR) is 112 cm³/mol.